The molecule has 0 aliphatic carbocycles. The second-order valence-electron chi connectivity index (χ2n) is 5.56. The summed E-state index contributed by atoms with van der Waals surface area (Å²) in [6.45, 7) is 13.1. The lowest BCUT2D eigenvalue weighted by atomic mass is 9.86. The number of anilines is 1. The third kappa shape index (κ3) is 4.49. The lowest BCUT2D eigenvalue weighted by Crippen LogP contribution is -2.30. The van der Waals surface area contributed by atoms with Crippen LogP contribution in [0.15, 0.2) is 36.4 Å². The van der Waals surface area contributed by atoms with Crippen LogP contribution < -0.4 is 10.6 Å². The molecular weight excluding hydrogens is 240 g/mol. The first-order valence-electron chi connectivity index (χ1n) is 6.09. The van der Waals surface area contributed by atoms with Crippen molar-refractivity contribution in [1.29, 1.82) is 0 Å². The van der Waals surface area contributed by atoms with Crippen molar-refractivity contribution in [3.05, 3.63) is 42.0 Å². The van der Waals surface area contributed by atoms with Gasteiger partial charge in [-0.2, -0.15) is 0 Å². The zero-order chi connectivity index (χ0) is 13.8. The standard InChI is InChI=1S/C15H22N2S/c1-11(2)10-16-14(18)17-13-9-7-6-8-12(13)15(3,4)5/h6-9H,1,10H2,2-5H3,(H2,16,17,18). The van der Waals surface area contributed by atoms with Gasteiger partial charge >= 0.3 is 0 Å². The van der Waals surface area contributed by atoms with Gasteiger partial charge in [0.2, 0.25) is 0 Å². The third-order valence-electron chi connectivity index (χ3n) is 2.53. The van der Waals surface area contributed by atoms with Crippen LogP contribution in [0.5, 0.6) is 0 Å². The molecule has 0 amide bonds. The molecule has 1 aromatic carbocycles. The van der Waals surface area contributed by atoms with E-state index in [1.165, 1.54) is 5.56 Å². The van der Waals surface area contributed by atoms with Crippen molar-refractivity contribution >= 4 is 23.0 Å². The minimum atomic E-state index is 0.0908. The lowest BCUT2D eigenvalue weighted by Gasteiger charge is -2.23. The van der Waals surface area contributed by atoms with Crippen LogP contribution in [0.2, 0.25) is 0 Å². The molecule has 0 saturated heterocycles. The molecular formula is C15H22N2S. The smallest absolute Gasteiger partial charge is 0.171 e. The first-order chi connectivity index (χ1) is 8.30. The maximum Gasteiger partial charge on any atom is 0.171 e. The second kappa shape index (κ2) is 6.01. The molecule has 0 heterocycles. The third-order valence-corrected chi connectivity index (χ3v) is 2.78. The van der Waals surface area contributed by atoms with Gasteiger partial charge < -0.3 is 10.6 Å². The highest BCUT2D eigenvalue weighted by Crippen LogP contribution is 2.29. The molecule has 0 aliphatic rings. The number of para-hydroxylation sites is 1. The number of benzene rings is 1. The molecule has 2 N–H and O–H groups in total. The highest BCUT2D eigenvalue weighted by molar-refractivity contribution is 7.80. The van der Waals surface area contributed by atoms with Crippen LogP contribution in [0.1, 0.15) is 33.3 Å². The summed E-state index contributed by atoms with van der Waals surface area (Å²) in [5.74, 6) is 0. The molecule has 98 valence electrons. The SMILES string of the molecule is C=C(C)CNC(=S)Nc1ccccc1C(C)(C)C. The van der Waals surface area contributed by atoms with E-state index in [1.54, 1.807) is 0 Å². The molecule has 3 heteroatoms. The summed E-state index contributed by atoms with van der Waals surface area (Å²) < 4.78 is 0. The lowest BCUT2D eigenvalue weighted by molar-refractivity contribution is 0.592. The van der Waals surface area contributed by atoms with E-state index < -0.39 is 0 Å². The van der Waals surface area contributed by atoms with Gasteiger partial charge in [-0.05, 0) is 36.2 Å². The van der Waals surface area contributed by atoms with Gasteiger partial charge in [-0.3, -0.25) is 0 Å². The number of hydrogen-bond acceptors (Lipinski definition) is 1. The normalized spacial score (nSPS) is 10.9. The van der Waals surface area contributed by atoms with Gasteiger partial charge in [-0.25, -0.2) is 0 Å². The number of hydrogen-bond donors (Lipinski definition) is 2. The molecule has 0 aromatic heterocycles. The molecule has 1 rings (SSSR count). The van der Waals surface area contributed by atoms with Crippen molar-refractivity contribution in [2.24, 2.45) is 0 Å². The average Bonchev–Trinajstić information content (AvgIpc) is 2.25. The Bertz CT molecular complexity index is 444. The zero-order valence-corrected chi connectivity index (χ0v) is 12.4. The van der Waals surface area contributed by atoms with Gasteiger partial charge in [-0.15, -0.1) is 0 Å². The Morgan fingerprint density at radius 2 is 1.89 bits per heavy atom. The van der Waals surface area contributed by atoms with Gasteiger partial charge in [-0.1, -0.05) is 51.1 Å². The monoisotopic (exact) mass is 262 g/mol. The first kappa shape index (κ1) is 14.7. The van der Waals surface area contributed by atoms with Crippen molar-refractivity contribution < 1.29 is 0 Å². The van der Waals surface area contributed by atoms with Crippen molar-refractivity contribution in [1.82, 2.24) is 5.32 Å². The van der Waals surface area contributed by atoms with Crippen LogP contribution in [0.3, 0.4) is 0 Å². The fraction of sp³-hybridized carbons (Fsp3) is 0.400. The van der Waals surface area contributed by atoms with Gasteiger partial charge in [0.15, 0.2) is 5.11 Å². The van der Waals surface area contributed by atoms with E-state index in [2.05, 4.69) is 56.2 Å². The minimum absolute atomic E-state index is 0.0908. The van der Waals surface area contributed by atoms with Crippen LogP contribution in [-0.4, -0.2) is 11.7 Å². The molecule has 1 aromatic rings. The molecule has 0 unspecified atom stereocenters. The van der Waals surface area contributed by atoms with Gasteiger partial charge in [0.1, 0.15) is 0 Å². The number of nitrogens with one attached hydrogen (secondary N) is 2. The van der Waals surface area contributed by atoms with E-state index in [0.717, 1.165) is 11.3 Å². The van der Waals surface area contributed by atoms with E-state index in [0.29, 0.717) is 11.7 Å². The van der Waals surface area contributed by atoms with Gasteiger partial charge in [0.25, 0.3) is 0 Å². The molecule has 0 atom stereocenters. The van der Waals surface area contributed by atoms with Crippen LogP contribution in [0, 0.1) is 0 Å². The summed E-state index contributed by atoms with van der Waals surface area (Å²) in [4.78, 5) is 0. The summed E-state index contributed by atoms with van der Waals surface area (Å²) in [6, 6.07) is 8.24. The predicted octanol–water partition coefficient (Wildman–Crippen LogP) is 3.85. The maximum absolute atomic E-state index is 5.27. The van der Waals surface area contributed by atoms with Gasteiger partial charge in [0.05, 0.1) is 0 Å². The summed E-state index contributed by atoms with van der Waals surface area (Å²) in [5, 5.41) is 7.02. The van der Waals surface area contributed by atoms with Crippen molar-refractivity contribution in [3.8, 4) is 0 Å². The fourth-order valence-corrected chi connectivity index (χ4v) is 1.83. The molecule has 0 bridgehead atoms. The van der Waals surface area contributed by atoms with E-state index >= 15 is 0 Å². The van der Waals surface area contributed by atoms with Crippen molar-refractivity contribution in [2.45, 2.75) is 33.1 Å². The Morgan fingerprint density at radius 3 is 2.44 bits per heavy atom. The van der Waals surface area contributed by atoms with Crippen LogP contribution in [0.4, 0.5) is 5.69 Å². The minimum Gasteiger partial charge on any atom is -0.359 e. The number of rotatable bonds is 3. The predicted molar refractivity (Wildman–Crippen MR) is 84.2 cm³/mol. The number of thiocarbonyl (C=S) groups is 1. The highest BCUT2D eigenvalue weighted by Gasteiger charge is 2.17. The Hall–Kier alpha value is -1.35. The Labute approximate surface area is 115 Å². The first-order valence-corrected chi connectivity index (χ1v) is 6.50. The molecule has 0 aliphatic heterocycles. The molecule has 0 fully saturated rings. The Balaban J connectivity index is 2.79. The van der Waals surface area contributed by atoms with E-state index in [1.807, 2.05) is 13.0 Å². The van der Waals surface area contributed by atoms with Crippen molar-refractivity contribution in [2.75, 3.05) is 11.9 Å². The Morgan fingerprint density at radius 1 is 1.28 bits per heavy atom. The molecule has 18 heavy (non-hydrogen) atoms. The summed E-state index contributed by atoms with van der Waals surface area (Å²) in [6.07, 6.45) is 0. The summed E-state index contributed by atoms with van der Waals surface area (Å²) in [5.41, 5.74) is 3.46. The van der Waals surface area contributed by atoms with Crippen LogP contribution in [-0.2, 0) is 5.41 Å². The fourth-order valence-electron chi connectivity index (χ4n) is 1.64. The Kier molecular flexibility index (Phi) is 4.91. The second-order valence-corrected chi connectivity index (χ2v) is 5.97. The maximum atomic E-state index is 5.27. The molecule has 0 saturated carbocycles. The van der Waals surface area contributed by atoms with E-state index in [9.17, 15) is 0 Å². The topological polar surface area (TPSA) is 24.1 Å². The quantitative estimate of drug-likeness (QED) is 0.639. The zero-order valence-electron chi connectivity index (χ0n) is 11.6. The largest absolute Gasteiger partial charge is 0.359 e. The van der Waals surface area contributed by atoms with Crippen molar-refractivity contribution in [3.63, 3.8) is 0 Å². The van der Waals surface area contributed by atoms with Crippen LogP contribution >= 0.6 is 12.2 Å². The van der Waals surface area contributed by atoms with Crippen LogP contribution in [0.25, 0.3) is 0 Å². The summed E-state index contributed by atoms with van der Waals surface area (Å²) in [7, 11) is 0. The average molecular weight is 262 g/mol. The molecule has 2 nitrogen and oxygen atoms in total. The van der Waals surface area contributed by atoms with Gasteiger partial charge in [0, 0.05) is 12.2 Å². The molecule has 0 spiro atoms. The van der Waals surface area contributed by atoms with E-state index in [4.69, 9.17) is 12.2 Å². The molecule has 0 radical (unpaired) electrons. The van der Waals surface area contributed by atoms with E-state index in [-0.39, 0.29) is 5.41 Å². The highest BCUT2D eigenvalue weighted by atomic mass is 32.1. The summed E-state index contributed by atoms with van der Waals surface area (Å²) >= 11 is 5.27.